The summed E-state index contributed by atoms with van der Waals surface area (Å²) in [7, 11) is -3.37. The molecule has 3 aromatic rings. The van der Waals surface area contributed by atoms with Crippen LogP contribution in [0.5, 0.6) is 0 Å². The number of epoxide rings is 1. The first-order chi connectivity index (χ1) is 10.1. The zero-order chi connectivity index (χ0) is 14.4. The van der Waals surface area contributed by atoms with E-state index in [9.17, 15) is 8.42 Å². The third kappa shape index (κ3) is 2.18. The van der Waals surface area contributed by atoms with E-state index in [4.69, 9.17) is 4.74 Å². The first-order valence-electron chi connectivity index (χ1n) is 6.76. The van der Waals surface area contributed by atoms with Crippen LogP contribution in [0.3, 0.4) is 0 Å². The molecule has 4 nitrogen and oxygen atoms in total. The minimum atomic E-state index is -3.37. The fraction of sp³-hybridized carbons (Fsp3) is 0.188. The molecule has 5 heteroatoms. The number of ether oxygens (including phenoxy) is 1. The quantitative estimate of drug-likeness (QED) is 0.551. The summed E-state index contributed by atoms with van der Waals surface area (Å²) in [6.07, 6.45) is 1.56. The zero-order valence-corrected chi connectivity index (χ0v) is 12.0. The highest BCUT2D eigenvalue weighted by atomic mass is 32.2. The summed E-state index contributed by atoms with van der Waals surface area (Å²) in [6.45, 7) is 0.534. The van der Waals surface area contributed by atoms with Crippen LogP contribution < -0.4 is 0 Å². The standard InChI is InChI=1S/C16H13NO3S/c18-21(19,10-12-9-20-12)15-5-1-3-11-6-7-14-13(16(11)15)4-2-8-17-14/h1-8,12H,9-10H2. The molecule has 21 heavy (non-hydrogen) atoms. The van der Waals surface area contributed by atoms with E-state index in [1.54, 1.807) is 18.3 Å². The van der Waals surface area contributed by atoms with Gasteiger partial charge in [-0.3, -0.25) is 4.98 Å². The summed E-state index contributed by atoms with van der Waals surface area (Å²) < 4.78 is 30.4. The first kappa shape index (κ1) is 12.7. The fourth-order valence-electron chi connectivity index (χ4n) is 2.66. The van der Waals surface area contributed by atoms with E-state index in [2.05, 4.69) is 4.98 Å². The third-order valence-electron chi connectivity index (χ3n) is 3.73. The molecule has 106 valence electrons. The summed E-state index contributed by atoms with van der Waals surface area (Å²) in [5.74, 6) is 0.0444. The van der Waals surface area contributed by atoms with Crippen molar-refractivity contribution in [2.75, 3.05) is 12.4 Å². The van der Waals surface area contributed by atoms with Gasteiger partial charge >= 0.3 is 0 Å². The Morgan fingerprint density at radius 2 is 2.00 bits per heavy atom. The maximum absolute atomic E-state index is 12.6. The predicted octanol–water partition coefficient (Wildman–Crippen LogP) is 2.56. The second-order valence-electron chi connectivity index (χ2n) is 5.23. The van der Waals surface area contributed by atoms with E-state index in [1.807, 2.05) is 30.3 Å². The van der Waals surface area contributed by atoms with Gasteiger partial charge < -0.3 is 4.74 Å². The number of fused-ring (bicyclic) bond motifs is 3. The van der Waals surface area contributed by atoms with Gasteiger partial charge in [-0.15, -0.1) is 0 Å². The van der Waals surface area contributed by atoms with E-state index in [0.717, 1.165) is 21.7 Å². The summed E-state index contributed by atoms with van der Waals surface area (Å²) in [5, 5.41) is 2.53. The number of rotatable bonds is 3. The van der Waals surface area contributed by atoms with Gasteiger partial charge in [0.25, 0.3) is 0 Å². The summed E-state index contributed by atoms with van der Waals surface area (Å²) >= 11 is 0. The summed E-state index contributed by atoms with van der Waals surface area (Å²) in [4.78, 5) is 4.68. The van der Waals surface area contributed by atoms with E-state index in [1.165, 1.54) is 0 Å². The molecule has 1 aliphatic rings. The molecule has 1 atom stereocenters. The summed E-state index contributed by atoms with van der Waals surface area (Å²) in [6, 6.07) is 13.0. The van der Waals surface area contributed by atoms with Crippen molar-refractivity contribution in [3.05, 3.63) is 48.7 Å². The summed E-state index contributed by atoms with van der Waals surface area (Å²) in [5.41, 5.74) is 0.801. The molecule has 0 N–H and O–H groups in total. The van der Waals surface area contributed by atoms with Gasteiger partial charge in [0.2, 0.25) is 0 Å². The molecule has 2 aromatic carbocycles. The molecule has 0 amide bonds. The average molecular weight is 299 g/mol. The number of benzene rings is 2. The molecule has 2 heterocycles. The van der Waals surface area contributed by atoms with E-state index >= 15 is 0 Å². The van der Waals surface area contributed by atoms with E-state index < -0.39 is 9.84 Å². The predicted molar refractivity (Wildman–Crippen MR) is 81.0 cm³/mol. The van der Waals surface area contributed by atoms with E-state index in [-0.39, 0.29) is 11.9 Å². The van der Waals surface area contributed by atoms with Gasteiger partial charge in [0.05, 0.1) is 28.9 Å². The van der Waals surface area contributed by atoms with Gasteiger partial charge in [-0.25, -0.2) is 8.42 Å². The second kappa shape index (κ2) is 4.51. The number of aromatic nitrogens is 1. The molecule has 1 saturated heterocycles. The highest BCUT2D eigenvalue weighted by molar-refractivity contribution is 7.91. The molecule has 0 saturated carbocycles. The van der Waals surface area contributed by atoms with Crippen molar-refractivity contribution in [2.24, 2.45) is 0 Å². The van der Waals surface area contributed by atoms with Gasteiger partial charge in [0, 0.05) is 17.0 Å². The Balaban J connectivity index is 2.06. The number of sulfone groups is 1. The Morgan fingerprint density at radius 3 is 2.81 bits per heavy atom. The SMILES string of the molecule is O=S(=O)(CC1CO1)c1cccc2ccc3ncccc3c12. The van der Waals surface area contributed by atoms with Crippen molar-refractivity contribution >= 4 is 31.5 Å². The van der Waals surface area contributed by atoms with Crippen LogP contribution in [0.25, 0.3) is 21.7 Å². The minimum absolute atomic E-state index is 0.0444. The van der Waals surface area contributed by atoms with Crippen molar-refractivity contribution in [3.8, 4) is 0 Å². The Morgan fingerprint density at radius 1 is 1.14 bits per heavy atom. The number of hydrogen-bond acceptors (Lipinski definition) is 4. The normalized spacial score (nSPS) is 18.2. The molecule has 1 fully saturated rings. The van der Waals surface area contributed by atoms with Crippen LogP contribution in [0.1, 0.15) is 0 Å². The maximum atomic E-state index is 12.6. The van der Waals surface area contributed by atoms with Gasteiger partial charge in [-0.2, -0.15) is 0 Å². The largest absolute Gasteiger partial charge is 0.372 e. The van der Waals surface area contributed by atoms with Crippen molar-refractivity contribution in [1.82, 2.24) is 4.98 Å². The van der Waals surface area contributed by atoms with Crippen LogP contribution >= 0.6 is 0 Å². The highest BCUT2D eigenvalue weighted by Gasteiger charge is 2.31. The lowest BCUT2D eigenvalue weighted by molar-refractivity contribution is 0.422. The molecule has 1 unspecified atom stereocenters. The molecule has 1 aliphatic heterocycles. The second-order valence-corrected chi connectivity index (χ2v) is 7.23. The molecule has 0 radical (unpaired) electrons. The van der Waals surface area contributed by atoms with Crippen molar-refractivity contribution < 1.29 is 13.2 Å². The lowest BCUT2D eigenvalue weighted by Gasteiger charge is -2.09. The van der Waals surface area contributed by atoms with Crippen LogP contribution in [0, 0.1) is 0 Å². The minimum Gasteiger partial charge on any atom is -0.372 e. The smallest absolute Gasteiger partial charge is 0.181 e. The van der Waals surface area contributed by atoms with Gasteiger partial charge in [0.1, 0.15) is 0 Å². The number of pyridine rings is 1. The van der Waals surface area contributed by atoms with Crippen LogP contribution in [-0.2, 0) is 14.6 Å². The molecule has 0 spiro atoms. The van der Waals surface area contributed by atoms with Gasteiger partial charge in [0.15, 0.2) is 9.84 Å². The van der Waals surface area contributed by atoms with Crippen molar-refractivity contribution in [3.63, 3.8) is 0 Å². The Kier molecular flexibility index (Phi) is 2.74. The monoisotopic (exact) mass is 299 g/mol. The molecule has 0 aliphatic carbocycles. The molecular weight excluding hydrogens is 286 g/mol. The molecule has 4 rings (SSSR count). The average Bonchev–Trinajstić information content (AvgIpc) is 3.29. The van der Waals surface area contributed by atoms with Crippen LogP contribution in [-0.4, -0.2) is 31.9 Å². The third-order valence-corrected chi connectivity index (χ3v) is 5.55. The lowest BCUT2D eigenvalue weighted by atomic mass is 10.1. The topological polar surface area (TPSA) is 59.6 Å². The Hall–Kier alpha value is -1.98. The number of nitrogens with zero attached hydrogens (tertiary/aromatic N) is 1. The van der Waals surface area contributed by atoms with Crippen LogP contribution in [0.15, 0.2) is 53.6 Å². The van der Waals surface area contributed by atoms with Crippen molar-refractivity contribution in [2.45, 2.75) is 11.0 Å². The first-order valence-corrected chi connectivity index (χ1v) is 8.41. The number of hydrogen-bond donors (Lipinski definition) is 0. The van der Waals surface area contributed by atoms with Crippen molar-refractivity contribution in [1.29, 1.82) is 0 Å². The van der Waals surface area contributed by atoms with Gasteiger partial charge in [-0.1, -0.05) is 24.3 Å². The highest BCUT2D eigenvalue weighted by Crippen LogP contribution is 2.31. The van der Waals surface area contributed by atoms with Crippen LogP contribution in [0.4, 0.5) is 0 Å². The molecule has 1 aromatic heterocycles. The fourth-order valence-corrected chi connectivity index (χ4v) is 4.35. The zero-order valence-electron chi connectivity index (χ0n) is 11.2. The molecule has 0 bridgehead atoms. The van der Waals surface area contributed by atoms with E-state index in [0.29, 0.717) is 11.5 Å². The lowest BCUT2D eigenvalue weighted by Crippen LogP contribution is -2.12. The van der Waals surface area contributed by atoms with Gasteiger partial charge in [-0.05, 0) is 23.6 Å². The Labute approximate surface area is 122 Å². The van der Waals surface area contributed by atoms with Crippen LogP contribution in [0.2, 0.25) is 0 Å². The Bertz CT molecular complexity index is 946. The molecular formula is C16H13NO3S. The maximum Gasteiger partial charge on any atom is 0.181 e.